The van der Waals surface area contributed by atoms with Gasteiger partial charge in [-0.25, -0.2) is 4.79 Å². The highest BCUT2D eigenvalue weighted by Crippen LogP contribution is 2.37. The van der Waals surface area contributed by atoms with Crippen molar-refractivity contribution in [3.8, 4) is 11.1 Å². The van der Waals surface area contributed by atoms with Crippen molar-refractivity contribution >= 4 is 40.8 Å². The molecule has 6 nitrogen and oxygen atoms in total. The summed E-state index contributed by atoms with van der Waals surface area (Å²) in [5.74, 6) is 0. The van der Waals surface area contributed by atoms with Crippen LogP contribution in [0.3, 0.4) is 0 Å². The van der Waals surface area contributed by atoms with Gasteiger partial charge in [0.15, 0.2) is 0 Å². The summed E-state index contributed by atoms with van der Waals surface area (Å²) in [6.45, 7) is 4.01. The molecule has 1 saturated heterocycles. The summed E-state index contributed by atoms with van der Waals surface area (Å²) in [5, 5.41) is 6.92. The van der Waals surface area contributed by atoms with Crippen molar-refractivity contribution in [1.82, 2.24) is 9.88 Å². The van der Waals surface area contributed by atoms with Crippen molar-refractivity contribution in [2.45, 2.75) is 17.6 Å². The molecule has 0 radical (unpaired) electrons. The van der Waals surface area contributed by atoms with Crippen LogP contribution in [0.4, 0.5) is 29.3 Å². The summed E-state index contributed by atoms with van der Waals surface area (Å²) in [7, 11) is 0. The van der Waals surface area contributed by atoms with Gasteiger partial charge in [-0.3, -0.25) is 9.88 Å². The lowest BCUT2D eigenvalue weighted by Crippen LogP contribution is -2.35. The van der Waals surface area contributed by atoms with E-state index in [0.717, 1.165) is 66.5 Å². The van der Waals surface area contributed by atoms with Crippen LogP contribution in [0.5, 0.6) is 0 Å². The van der Waals surface area contributed by atoms with Crippen LogP contribution in [0.25, 0.3) is 21.9 Å². The number of hydrogen-bond acceptors (Lipinski definition) is 5. The Labute approximate surface area is 223 Å². The summed E-state index contributed by atoms with van der Waals surface area (Å²) < 4.78 is 45.0. The van der Waals surface area contributed by atoms with Gasteiger partial charge in [0.25, 0.3) is 0 Å². The number of pyridine rings is 1. The molecule has 1 aromatic heterocycles. The number of carbonyl (C=O) groups is 1. The Morgan fingerprint density at radius 1 is 0.921 bits per heavy atom. The van der Waals surface area contributed by atoms with E-state index in [9.17, 15) is 18.0 Å². The SMILES string of the molecule is O=C(Nc1cccc(C(F)(F)F)c1S)Nc1ccc(-c2ccc(CN3CCOCC3)nc2)c2ccccc12. The number of hydrogen-bond donors (Lipinski definition) is 3. The molecule has 1 aliphatic heterocycles. The summed E-state index contributed by atoms with van der Waals surface area (Å²) in [4.78, 5) is 19.4. The Morgan fingerprint density at radius 2 is 1.66 bits per heavy atom. The molecule has 2 amide bonds. The molecule has 3 aromatic carbocycles. The van der Waals surface area contributed by atoms with Crippen LogP contribution in [-0.2, 0) is 17.5 Å². The zero-order valence-corrected chi connectivity index (χ0v) is 21.2. The van der Waals surface area contributed by atoms with E-state index < -0.39 is 17.8 Å². The van der Waals surface area contributed by atoms with Gasteiger partial charge in [-0.1, -0.05) is 42.5 Å². The zero-order valence-electron chi connectivity index (χ0n) is 20.3. The molecular weight excluding hydrogens is 513 g/mol. The fourth-order valence-electron chi connectivity index (χ4n) is 4.47. The number of urea groups is 1. The predicted molar refractivity (Wildman–Crippen MR) is 145 cm³/mol. The Kier molecular flexibility index (Phi) is 7.55. The minimum absolute atomic E-state index is 0.0372. The van der Waals surface area contributed by atoms with Crippen molar-refractivity contribution in [1.29, 1.82) is 0 Å². The highest BCUT2D eigenvalue weighted by molar-refractivity contribution is 7.80. The van der Waals surface area contributed by atoms with Crippen LogP contribution < -0.4 is 10.6 Å². The van der Waals surface area contributed by atoms with Gasteiger partial charge >= 0.3 is 12.2 Å². The smallest absolute Gasteiger partial charge is 0.379 e. The topological polar surface area (TPSA) is 66.5 Å². The third-order valence-corrected chi connectivity index (χ3v) is 6.87. The maximum absolute atomic E-state index is 13.2. The predicted octanol–water partition coefficient (Wildman–Crippen LogP) is 6.69. The molecule has 2 heterocycles. The number of carbonyl (C=O) groups excluding carboxylic acids is 1. The van der Waals surface area contributed by atoms with E-state index >= 15 is 0 Å². The van der Waals surface area contributed by atoms with Crippen LogP contribution in [-0.4, -0.2) is 42.2 Å². The average molecular weight is 539 g/mol. The quantitative estimate of drug-likeness (QED) is 0.248. The molecule has 1 aliphatic rings. The Morgan fingerprint density at radius 3 is 2.37 bits per heavy atom. The highest BCUT2D eigenvalue weighted by atomic mass is 32.1. The molecular formula is C28H25F3N4O2S. The van der Waals surface area contributed by atoms with Gasteiger partial charge in [0, 0.05) is 41.7 Å². The van der Waals surface area contributed by atoms with Gasteiger partial charge in [-0.2, -0.15) is 13.2 Å². The highest BCUT2D eigenvalue weighted by Gasteiger charge is 2.33. The van der Waals surface area contributed by atoms with E-state index in [2.05, 4.69) is 33.1 Å². The minimum Gasteiger partial charge on any atom is -0.379 e. The number of amides is 2. The first-order valence-electron chi connectivity index (χ1n) is 12.0. The Bertz CT molecular complexity index is 1460. The first kappa shape index (κ1) is 26.0. The largest absolute Gasteiger partial charge is 0.417 e. The molecule has 4 aromatic rings. The summed E-state index contributed by atoms with van der Waals surface area (Å²) in [6, 6.07) is 18.2. The molecule has 196 valence electrons. The lowest BCUT2D eigenvalue weighted by molar-refractivity contribution is -0.139. The van der Waals surface area contributed by atoms with E-state index in [4.69, 9.17) is 4.74 Å². The van der Waals surface area contributed by atoms with Gasteiger partial charge in [0.1, 0.15) is 0 Å². The molecule has 1 fully saturated rings. The van der Waals surface area contributed by atoms with Gasteiger partial charge in [0.05, 0.1) is 35.8 Å². The van der Waals surface area contributed by atoms with E-state index in [1.165, 1.54) is 12.1 Å². The summed E-state index contributed by atoms with van der Waals surface area (Å²) >= 11 is 3.99. The van der Waals surface area contributed by atoms with E-state index in [-0.39, 0.29) is 10.6 Å². The maximum atomic E-state index is 13.2. The molecule has 0 bridgehead atoms. The number of ether oxygens (including phenoxy) is 1. The van der Waals surface area contributed by atoms with Gasteiger partial charge in [-0.15, -0.1) is 12.6 Å². The van der Waals surface area contributed by atoms with E-state index in [1.54, 1.807) is 6.07 Å². The molecule has 2 N–H and O–H groups in total. The van der Waals surface area contributed by atoms with Crippen LogP contribution in [0.2, 0.25) is 0 Å². The molecule has 10 heteroatoms. The molecule has 38 heavy (non-hydrogen) atoms. The average Bonchev–Trinajstić information content (AvgIpc) is 2.91. The van der Waals surface area contributed by atoms with Crippen molar-refractivity contribution in [3.05, 3.63) is 84.2 Å². The second kappa shape index (κ2) is 11.0. The third kappa shape index (κ3) is 5.77. The van der Waals surface area contributed by atoms with Crippen LogP contribution in [0.15, 0.2) is 77.8 Å². The Balaban J connectivity index is 1.36. The lowest BCUT2D eigenvalue weighted by Gasteiger charge is -2.26. The number of alkyl halides is 3. The molecule has 0 unspecified atom stereocenters. The molecule has 0 aliphatic carbocycles. The van der Waals surface area contributed by atoms with Crippen molar-refractivity contribution in [2.24, 2.45) is 0 Å². The fraction of sp³-hybridized carbons (Fsp3) is 0.214. The molecule has 0 atom stereocenters. The van der Waals surface area contributed by atoms with Gasteiger partial charge in [0.2, 0.25) is 0 Å². The summed E-state index contributed by atoms with van der Waals surface area (Å²) in [6.07, 6.45) is -2.73. The number of nitrogens with one attached hydrogen (secondary N) is 2. The first-order valence-corrected chi connectivity index (χ1v) is 12.5. The number of anilines is 2. The monoisotopic (exact) mass is 538 g/mol. The fourth-order valence-corrected chi connectivity index (χ4v) is 4.81. The second-order valence-corrected chi connectivity index (χ2v) is 9.36. The molecule has 5 rings (SSSR count). The zero-order chi connectivity index (χ0) is 26.7. The molecule has 0 spiro atoms. The van der Waals surface area contributed by atoms with Crippen LogP contribution in [0.1, 0.15) is 11.3 Å². The normalized spacial score (nSPS) is 14.4. The summed E-state index contributed by atoms with van der Waals surface area (Å²) in [5.41, 5.74) is 2.43. The van der Waals surface area contributed by atoms with E-state index in [0.29, 0.717) is 5.69 Å². The number of aromatic nitrogens is 1. The number of nitrogens with zero attached hydrogens (tertiary/aromatic N) is 2. The lowest BCUT2D eigenvalue weighted by atomic mass is 9.98. The third-order valence-electron chi connectivity index (χ3n) is 6.39. The number of rotatable bonds is 5. The minimum atomic E-state index is -4.58. The number of benzene rings is 3. The Hall–Kier alpha value is -3.60. The van der Waals surface area contributed by atoms with E-state index in [1.807, 2.05) is 48.7 Å². The van der Waals surface area contributed by atoms with Crippen LogP contribution in [0, 0.1) is 0 Å². The van der Waals surface area contributed by atoms with Crippen molar-refractivity contribution in [3.63, 3.8) is 0 Å². The van der Waals surface area contributed by atoms with Gasteiger partial charge < -0.3 is 15.4 Å². The van der Waals surface area contributed by atoms with Gasteiger partial charge in [-0.05, 0) is 35.2 Å². The van der Waals surface area contributed by atoms with Crippen LogP contribution >= 0.6 is 12.6 Å². The second-order valence-electron chi connectivity index (χ2n) is 8.91. The standard InChI is InChI=1S/C28H25F3N4O2S/c29-28(30,31)23-6-3-7-25(26(23)38)34-27(36)33-24-11-10-20(21-4-1-2-5-22(21)24)18-8-9-19(32-16-18)17-35-12-14-37-15-13-35/h1-11,16,38H,12-15,17H2,(H2,33,34,36). The number of morpholine rings is 1. The van der Waals surface area contributed by atoms with Crippen molar-refractivity contribution in [2.75, 3.05) is 36.9 Å². The molecule has 0 saturated carbocycles. The maximum Gasteiger partial charge on any atom is 0.417 e. The number of fused-ring (bicyclic) bond motifs is 1. The number of halogens is 3. The first-order chi connectivity index (χ1) is 18.3. The van der Waals surface area contributed by atoms with Crippen molar-refractivity contribution < 1.29 is 22.7 Å². The number of thiol groups is 1.